The molecule has 1 aromatic carbocycles. The summed E-state index contributed by atoms with van der Waals surface area (Å²) in [6, 6.07) is 8.93. The van der Waals surface area contributed by atoms with E-state index in [9.17, 15) is 0 Å². The van der Waals surface area contributed by atoms with Crippen LogP contribution in [0, 0.1) is 13.3 Å². The van der Waals surface area contributed by atoms with Gasteiger partial charge in [0.15, 0.2) is 0 Å². The minimum Gasteiger partial charge on any atom is -0.303 e. The third-order valence-corrected chi connectivity index (χ3v) is 3.14. The van der Waals surface area contributed by atoms with Crippen molar-refractivity contribution in [2.45, 2.75) is 26.2 Å². The first-order valence-corrected chi connectivity index (χ1v) is 5.94. The molecule has 0 saturated carbocycles. The molecule has 0 bridgehead atoms. The van der Waals surface area contributed by atoms with Crippen LogP contribution in [0.4, 0.5) is 0 Å². The van der Waals surface area contributed by atoms with Gasteiger partial charge in [0.2, 0.25) is 0 Å². The summed E-state index contributed by atoms with van der Waals surface area (Å²) in [5, 5.41) is 0. The highest BCUT2D eigenvalue weighted by molar-refractivity contribution is 5.21. The lowest BCUT2D eigenvalue weighted by atomic mass is 10.1. The van der Waals surface area contributed by atoms with Gasteiger partial charge in [0.25, 0.3) is 0 Å². The van der Waals surface area contributed by atoms with Crippen molar-refractivity contribution in [2.24, 2.45) is 0 Å². The highest BCUT2D eigenvalue weighted by atomic mass is 15.1. The Kier molecular flexibility index (Phi) is 3.79. The molecule has 1 heteroatoms. The molecule has 1 nitrogen and oxygen atoms in total. The summed E-state index contributed by atoms with van der Waals surface area (Å²) in [5.74, 6) is 0. The van der Waals surface area contributed by atoms with Crippen LogP contribution >= 0.6 is 0 Å². The largest absolute Gasteiger partial charge is 0.303 e. The summed E-state index contributed by atoms with van der Waals surface area (Å²) >= 11 is 0. The van der Waals surface area contributed by atoms with Gasteiger partial charge in [-0.25, -0.2) is 0 Å². The third-order valence-electron chi connectivity index (χ3n) is 3.14. The second kappa shape index (κ2) is 5.32. The molecule has 1 aliphatic rings. The van der Waals surface area contributed by atoms with Gasteiger partial charge in [0.1, 0.15) is 0 Å². The lowest BCUT2D eigenvalue weighted by molar-refractivity contribution is 0.257. The molecule has 0 aromatic heterocycles. The molecular formula is C14H20N. The summed E-state index contributed by atoms with van der Waals surface area (Å²) < 4.78 is 0. The van der Waals surface area contributed by atoms with E-state index in [4.69, 9.17) is 0 Å². The SMILES string of the molecule is Cc1ccc(CCN2CC[CH]CC2)cc1. The standard InChI is InChI=1S/C14H20N/c1-13-5-7-14(8-6-13)9-12-15-10-3-2-4-11-15/h2,5-8H,3-4,9-12H2,1H3. The Bertz CT molecular complexity index is 283. The molecule has 81 valence electrons. The minimum absolute atomic E-state index is 1.19. The van der Waals surface area contributed by atoms with Crippen LogP contribution in [-0.4, -0.2) is 24.5 Å². The average Bonchev–Trinajstić information content (AvgIpc) is 2.30. The van der Waals surface area contributed by atoms with Crippen molar-refractivity contribution < 1.29 is 0 Å². The lowest BCUT2D eigenvalue weighted by Crippen LogP contribution is -2.31. The molecule has 1 aromatic rings. The van der Waals surface area contributed by atoms with Gasteiger partial charge in [-0.15, -0.1) is 0 Å². The molecular weight excluding hydrogens is 182 g/mol. The van der Waals surface area contributed by atoms with Crippen molar-refractivity contribution >= 4 is 0 Å². The van der Waals surface area contributed by atoms with Gasteiger partial charge in [0, 0.05) is 6.54 Å². The highest BCUT2D eigenvalue weighted by Crippen LogP contribution is 2.09. The van der Waals surface area contributed by atoms with Crippen molar-refractivity contribution in [3.8, 4) is 0 Å². The molecule has 0 spiro atoms. The number of aryl methyl sites for hydroxylation is 1. The monoisotopic (exact) mass is 202 g/mol. The molecule has 0 aliphatic carbocycles. The first-order chi connectivity index (χ1) is 7.34. The molecule has 15 heavy (non-hydrogen) atoms. The fraction of sp³-hybridized carbons (Fsp3) is 0.500. The summed E-state index contributed by atoms with van der Waals surface area (Å²) in [6.45, 7) is 5.87. The average molecular weight is 202 g/mol. The first kappa shape index (κ1) is 10.7. The zero-order valence-corrected chi connectivity index (χ0v) is 9.58. The number of nitrogens with zero attached hydrogens (tertiary/aromatic N) is 1. The molecule has 2 rings (SSSR count). The summed E-state index contributed by atoms with van der Waals surface area (Å²) in [7, 11) is 0. The summed E-state index contributed by atoms with van der Waals surface area (Å²) in [6.07, 6.45) is 6.14. The minimum atomic E-state index is 1.19. The molecule has 1 radical (unpaired) electrons. The van der Waals surface area contributed by atoms with E-state index in [1.807, 2.05) is 0 Å². The van der Waals surface area contributed by atoms with E-state index in [1.54, 1.807) is 0 Å². The van der Waals surface area contributed by atoms with E-state index in [0.717, 1.165) is 0 Å². The molecule has 0 amide bonds. The first-order valence-electron chi connectivity index (χ1n) is 5.94. The molecule has 1 saturated heterocycles. The van der Waals surface area contributed by atoms with E-state index in [0.29, 0.717) is 0 Å². The highest BCUT2D eigenvalue weighted by Gasteiger charge is 2.09. The van der Waals surface area contributed by atoms with Crippen molar-refractivity contribution in [1.82, 2.24) is 4.90 Å². The maximum atomic E-state index is 2.57. The van der Waals surface area contributed by atoms with Gasteiger partial charge in [-0.3, -0.25) is 0 Å². The van der Waals surface area contributed by atoms with Crippen molar-refractivity contribution in [2.75, 3.05) is 19.6 Å². The molecule has 1 heterocycles. The van der Waals surface area contributed by atoms with Gasteiger partial charge >= 0.3 is 0 Å². The van der Waals surface area contributed by atoms with Gasteiger partial charge in [-0.1, -0.05) is 29.8 Å². The maximum Gasteiger partial charge on any atom is 0.00218 e. The van der Waals surface area contributed by atoms with Crippen LogP contribution in [0.2, 0.25) is 0 Å². The normalized spacial score (nSPS) is 17.9. The Morgan fingerprint density at radius 2 is 1.73 bits per heavy atom. The Morgan fingerprint density at radius 3 is 2.40 bits per heavy atom. The second-order valence-corrected chi connectivity index (χ2v) is 4.44. The lowest BCUT2D eigenvalue weighted by Gasteiger charge is -2.26. The Morgan fingerprint density at radius 1 is 1.07 bits per heavy atom. The van der Waals surface area contributed by atoms with E-state index in [1.165, 1.54) is 50.0 Å². The van der Waals surface area contributed by atoms with Crippen LogP contribution in [0.3, 0.4) is 0 Å². The van der Waals surface area contributed by atoms with Crippen LogP contribution < -0.4 is 0 Å². The van der Waals surface area contributed by atoms with E-state index in [2.05, 4.69) is 42.5 Å². The molecule has 1 aliphatic heterocycles. The van der Waals surface area contributed by atoms with Gasteiger partial charge in [-0.2, -0.15) is 0 Å². The molecule has 0 atom stereocenters. The smallest absolute Gasteiger partial charge is 0.00218 e. The van der Waals surface area contributed by atoms with E-state index < -0.39 is 0 Å². The summed E-state index contributed by atoms with van der Waals surface area (Å²) in [4.78, 5) is 2.57. The molecule has 1 fully saturated rings. The fourth-order valence-corrected chi connectivity index (χ4v) is 2.07. The zero-order chi connectivity index (χ0) is 10.5. The Hall–Kier alpha value is -0.820. The Labute approximate surface area is 93.1 Å². The van der Waals surface area contributed by atoms with Crippen LogP contribution in [0.1, 0.15) is 24.0 Å². The van der Waals surface area contributed by atoms with Crippen LogP contribution in [0.25, 0.3) is 0 Å². The van der Waals surface area contributed by atoms with Crippen molar-refractivity contribution in [3.63, 3.8) is 0 Å². The number of hydrogen-bond acceptors (Lipinski definition) is 1. The third kappa shape index (κ3) is 3.35. The van der Waals surface area contributed by atoms with Crippen LogP contribution in [-0.2, 0) is 6.42 Å². The number of rotatable bonds is 3. The number of hydrogen-bond donors (Lipinski definition) is 0. The van der Waals surface area contributed by atoms with Gasteiger partial charge in [0.05, 0.1) is 0 Å². The quantitative estimate of drug-likeness (QED) is 0.728. The molecule has 0 N–H and O–H groups in total. The number of benzene rings is 1. The Balaban J connectivity index is 1.79. The second-order valence-electron chi connectivity index (χ2n) is 4.44. The predicted molar refractivity (Wildman–Crippen MR) is 64.9 cm³/mol. The van der Waals surface area contributed by atoms with E-state index >= 15 is 0 Å². The van der Waals surface area contributed by atoms with Gasteiger partial charge in [-0.05, 0) is 51.3 Å². The maximum absolute atomic E-state index is 2.57. The number of piperidine rings is 1. The molecule has 0 unspecified atom stereocenters. The summed E-state index contributed by atoms with van der Waals surface area (Å²) in [5.41, 5.74) is 2.82. The van der Waals surface area contributed by atoms with Gasteiger partial charge < -0.3 is 4.90 Å². The van der Waals surface area contributed by atoms with Crippen molar-refractivity contribution in [1.29, 1.82) is 0 Å². The number of likely N-dealkylation sites (tertiary alicyclic amines) is 1. The topological polar surface area (TPSA) is 3.24 Å². The van der Waals surface area contributed by atoms with Crippen molar-refractivity contribution in [3.05, 3.63) is 41.8 Å². The fourth-order valence-electron chi connectivity index (χ4n) is 2.07. The zero-order valence-electron chi connectivity index (χ0n) is 9.58. The van der Waals surface area contributed by atoms with Crippen LogP contribution in [0.15, 0.2) is 24.3 Å². The predicted octanol–water partition coefficient (Wildman–Crippen LogP) is 2.84. The van der Waals surface area contributed by atoms with E-state index in [-0.39, 0.29) is 0 Å². The van der Waals surface area contributed by atoms with Crippen LogP contribution in [0.5, 0.6) is 0 Å².